The monoisotopic (exact) mass is 367 g/mol. The number of rotatable bonds is 7. The quantitative estimate of drug-likeness (QED) is 0.698. The highest BCUT2D eigenvalue weighted by Gasteiger charge is 2.11. The first-order chi connectivity index (χ1) is 10.2. The molecule has 21 heavy (non-hydrogen) atoms. The van der Waals surface area contributed by atoms with Crippen molar-refractivity contribution in [2.24, 2.45) is 0 Å². The molecule has 2 aromatic carbocycles. The third-order valence-electron chi connectivity index (χ3n) is 3.16. The van der Waals surface area contributed by atoms with Crippen LogP contribution in [0.2, 0.25) is 0 Å². The van der Waals surface area contributed by atoms with E-state index in [1.54, 1.807) is 17.8 Å². The van der Waals surface area contributed by atoms with Gasteiger partial charge in [0.2, 0.25) is 0 Å². The molecule has 0 aliphatic rings. The van der Waals surface area contributed by atoms with Crippen LogP contribution < -0.4 is 5.32 Å². The highest BCUT2D eigenvalue weighted by atomic mass is 79.9. The molecule has 0 bridgehead atoms. The van der Waals surface area contributed by atoms with Crippen LogP contribution in [0.5, 0.6) is 0 Å². The molecule has 1 N–H and O–H groups in total. The molecule has 0 aliphatic carbocycles. The maximum atomic E-state index is 13.7. The van der Waals surface area contributed by atoms with Crippen molar-refractivity contribution >= 4 is 27.7 Å². The van der Waals surface area contributed by atoms with Crippen molar-refractivity contribution in [2.75, 3.05) is 12.3 Å². The molecule has 0 saturated heterocycles. The smallest absolute Gasteiger partial charge is 0.136 e. The minimum atomic E-state index is -0.138. The molecule has 0 radical (unpaired) electrons. The number of likely N-dealkylation sites (N-methyl/N-ethyl adjacent to an activating group) is 1. The van der Waals surface area contributed by atoms with Gasteiger partial charge in [-0.15, -0.1) is 11.8 Å². The molecule has 0 aromatic heterocycles. The van der Waals surface area contributed by atoms with Gasteiger partial charge in [0.25, 0.3) is 0 Å². The zero-order valence-electron chi connectivity index (χ0n) is 12.0. The van der Waals surface area contributed by atoms with Crippen LogP contribution in [0, 0.1) is 5.82 Å². The van der Waals surface area contributed by atoms with E-state index in [9.17, 15) is 4.39 Å². The molecular formula is C17H19BrFNS. The minimum Gasteiger partial charge on any atom is -0.313 e. The molecule has 0 spiro atoms. The lowest BCUT2D eigenvalue weighted by Crippen LogP contribution is -2.33. The Labute approximate surface area is 138 Å². The summed E-state index contributed by atoms with van der Waals surface area (Å²) < 4.78 is 14.7. The van der Waals surface area contributed by atoms with Crippen LogP contribution in [0.3, 0.4) is 0 Å². The van der Waals surface area contributed by atoms with Gasteiger partial charge in [0, 0.05) is 21.2 Å². The SMILES string of the molecule is CCNC(CSc1ccccc1F)Cc1ccc(Br)cc1. The highest BCUT2D eigenvalue weighted by Crippen LogP contribution is 2.23. The van der Waals surface area contributed by atoms with Crippen LogP contribution in [0.25, 0.3) is 0 Å². The summed E-state index contributed by atoms with van der Waals surface area (Å²) >= 11 is 5.02. The first-order valence-corrected chi connectivity index (χ1v) is 8.82. The third kappa shape index (κ3) is 5.46. The molecule has 0 amide bonds. The van der Waals surface area contributed by atoms with Gasteiger partial charge in [0.1, 0.15) is 5.82 Å². The zero-order valence-corrected chi connectivity index (χ0v) is 14.4. The van der Waals surface area contributed by atoms with Gasteiger partial charge in [-0.1, -0.05) is 47.1 Å². The molecule has 0 aliphatic heterocycles. The second-order valence-corrected chi connectivity index (χ2v) is 6.80. The summed E-state index contributed by atoms with van der Waals surface area (Å²) in [5, 5.41) is 3.48. The maximum Gasteiger partial charge on any atom is 0.136 e. The molecule has 2 aromatic rings. The fourth-order valence-corrected chi connectivity index (χ4v) is 3.40. The Morgan fingerprint density at radius 2 is 1.86 bits per heavy atom. The number of hydrogen-bond donors (Lipinski definition) is 1. The Balaban J connectivity index is 1.95. The number of benzene rings is 2. The van der Waals surface area contributed by atoms with E-state index < -0.39 is 0 Å². The van der Waals surface area contributed by atoms with Crippen molar-refractivity contribution < 1.29 is 4.39 Å². The second-order valence-electron chi connectivity index (χ2n) is 4.83. The Bertz CT molecular complexity index is 559. The van der Waals surface area contributed by atoms with E-state index in [1.165, 1.54) is 11.6 Å². The predicted molar refractivity (Wildman–Crippen MR) is 92.4 cm³/mol. The average molecular weight is 368 g/mol. The summed E-state index contributed by atoms with van der Waals surface area (Å²) in [5.41, 5.74) is 1.29. The average Bonchev–Trinajstić information content (AvgIpc) is 2.49. The van der Waals surface area contributed by atoms with E-state index >= 15 is 0 Å². The highest BCUT2D eigenvalue weighted by molar-refractivity contribution is 9.10. The molecule has 1 unspecified atom stereocenters. The van der Waals surface area contributed by atoms with Crippen molar-refractivity contribution in [3.05, 3.63) is 64.4 Å². The van der Waals surface area contributed by atoms with Crippen molar-refractivity contribution in [3.8, 4) is 0 Å². The first-order valence-electron chi connectivity index (χ1n) is 7.04. The molecule has 1 nitrogen and oxygen atoms in total. The summed E-state index contributed by atoms with van der Waals surface area (Å²) in [5.74, 6) is 0.714. The Morgan fingerprint density at radius 3 is 2.52 bits per heavy atom. The van der Waals surface area contributed by atoms with Gasteiger partial charge in [-0.2, -0.15) is 0 Å². The van der Waals surface area contributed by atoms with Gasteiger partial charge in [-0.05, 0) is 42.8 Å². The summed E-state index contributed by atoms with van der Waals surface area (Å²) in [6.07, 6.45) is 0.947. The molecular weight excluding hydrogens is 349 g/mol. The summed E-state index contributed by atoms with van der Waals surface area (Å²) in [4.78, 5) is 0.719. The van der Waals surface area contributed by atoms with E-state index in [0.717, 1.165) is 28.1 Å². The molecule has 0 heterocycles. The van der Waals surface area contributed by atoms with Crippen LogP contribution >= 0.6 is 27.7 Å². The fraction of sp³-hybridized carbons (Fsp3) is 0.294. The Hall–Kier alpha value is -0.840. The van der Waals surface area contributed by atoms with Crippen LogP contribution in [0.1, 0.15) is 12.5 Å². The van der Waals surface area contributed by atoms with Crippen LogP contribution in [0.4, 0.5) is 4.39 Å². The van der Waals surface area contributed by atoms with Gasteiger partial charge in [0.15, 0.2) is 0 Å². The van der Waals surface area contributed by atoms with Gasteiger partial charge >= 0.3 is 0 Å². The predicted octanol–water partition coefficient (Wildman–Crippen LogP) is 4.90. The van der Waals surface area contributed by atoms with Crippen molar-refractivity contribution in [2.45, 2.75) is 24.3 Å². The van der Waals surface area contributed by atoms with Gasteiger partial charge in [-0.3, -0.25) is 0 Å². The fourth-order valence-electron chi connectivity index (χ4n) is 2.14. The molecule has 4 heteroatoms. The lowest BCUT2D eigenvalue weighted by atomic mass is 10.1. The Kier molecular flexibility index (Phi) is 6.74. The normalized spacial score (nSPS) is 12.3. The standard InChI is InChI=1S/C17H19BrFNS/c1-2-20-15(11-13-7-9-14(18)10-8-13)12-21-17-6-4-3-5-16(17)19/h3-10,15,20H,2,11-12H2,1H3. The summed E-state index contributed by atoms with van der Waals surface area (Å²) in [6, 6.07) is 15.7. The van der Waals surface area contributed by atoms with Crippen LogP contribution in [-0.4, -0.2) is 18.3 Å². The van der Waals surface area contributed by atoms with Crippen LogP contribution in [0.15, 0.2) is 57.9 Å². The van der Waals surface area contributed by atoms with E-state index in [2.05, 4.69) is 52.4 Å². The van der Waals surface area contributed by atoms with Crippen LogP contribution in [-0.2, 0) is 6.42 Å². The van der Waals surface area contributed by atoms with Gasteiger partial charge < -0.3 is 5.32 Å². The van der Waals surface area contributed by atoms with Crippen molar-refractivity contribution in [1.82, 2.24) is 5.32 Å². The van der Waals surface area contributed by atoms with E-state index in [4.69, 9.17) is 0 Å². The number of halogens is 2. The molecule has 0 saturated carbocycles. The van der Waals surface area contributed by atoms with E-state index in [-0.39, 0.29) is 5.82 Å². The summed E-state index contributed by atoms with van der Waals surface area (Å²) in [6.45, 7) is 3.02. The lowest BCUT2D eigenvalue weighted by Gasteiger charge is -2.18. The van der Waals surface area contributed by atoms with Crippen molar-refractivity contribution in [3.63, 3.8) is 0 Å². The van der Waals surface area contributed by atoms with Crippen molar-refractivity contribution in [1.29, 1.82) is 0 Å². The first kappa shape index (κ1) is 16.5. The molecule has 2 rings (SSSR count). The summed E-state index contributed by atoms with van der Waals surface area (Å²) in [7, 11) is 0. The number of nitrogens with one attached hydrogen (secondary N) is 1. The topological polar surface area (TPSA) is 12.0 Å². The second kappa shape index (κ2) is 8.57. The van der Waals surface area contributed by atoms with Gasteiger partial charge in [-0.25, -0.2) is 4.39 Å². The lowest BCUT2D eigenvalue weighted by molar-refractivity contribution is 0.570. The third-order valence-corrected chi connectivity index (χ3v) is 4.90. The number of thioether (sulfide) groups is 1. The molecule has 0 fully saturated rings. The Morgan fingerprint density at radius 1 is 1.14 bits per heavy atom. The van der Waals surface area contributed by atoms with E-state index in [0.29, 0.717) is 6.04 Å². The maximum absolute atomic E-state index is 13.7. The molecule has 112 valence electrons. The molecule has 1 atom stereocenters. The largest absolute Gasteiger partial charge is 0.313 e. The number of hydrogen-bond acceptors (Lipinski definition) is 2. The van der Waals surface area contributed by atoms with E-state index in [1.807, 2.05) is 12.1 Å². The van der Waals surface area contributed by atoms with Gasteiger partial charge in [0.05, 0.1) is 0 Å². The zero-order chi connectivity index (χ0) is 15.1. The minimum absolute atomic E-state index is 0.138.